The molecule has 1 fully saturated rings. The second kappa shape index (κ2) is 6.28. The van der Waals surface area contributed by atoms with Crippen LogP contribution in [0.2, 0.25) is 0 Å². The van der Waals surface area contributed by atoms with E-state index in [2.05, 4.69) is 20.2 Å². The van der Waals surface area contributed by atoms with E-state index in [0.717, 1.165) is 25.9 Å². The van der Waals surface area contributed by atoms with Gasteiger partial charge in [-0.2, -0.15) is 0 Å². The molecule has 7 heteroatoms. The van der Waals surface area contributed by atoms with Gasteiger partial charge in [-0.15, -0.1) is 0 Å². The van der Waals surface area contributed by atoms with Crippen LogP contribution in [0.1, 0.15) is 29.0 Å². The zero-order chi connectivity index (χ0) is 16.4. The number of hydrogen-bond donors (Lipinski definition) is 2. The van der Waals surface area contributed by atoms with Gasteiger partial charge in [-0.1, -0.05) is 0 Å². The van der Waals surface area contributed by atoms with Crippen molar-refractivity contribution < 1.29 is 4.79 Å². The Balaban J connectivity index is 1.59. The molecule has 3 rings (SSSR count). The van der Waals surface area contributed by atoms with Gasteiger partial charge in [0.15, 0.2) is 0 Å². The number of hydrogen-bond acceptors (Lipinski definition) is 4. The van der Waals surface area contributed by atoms with E-state index in [-0.39, 0.29) is 17.5 Å². The lowest BCUT2D eigenvalue weighted by atomic mass is 10.1. The van der Waals surface area contributed by atoms with E-state index in [1.54, 1.807) is 0 Å². The number of rotatable bonds is 3. The third kappa shape index (κ3) is 3.44. The zero-order valence-electron chi connectivity index (χ0n) is 13.4. The maximum atomic E-state index is 12.2. The lowest BCUT2D eigenvalue weighted by Gasteiger charge is -2.32. The number of amides is 1. The number of aromatic amines is 1. The van der Waals surface area contributed by atoms with Crippen molar-refractivity contribution in [2.24, 2.45) is 7.05 Å². The van der Waals surface area contributed by atoms with Crippen LogP contribution in [0.25, 0.3) is 0 Å². The molecule has 0 spiro atoms. The molecule has 0 bridgehead atoms. The van der Waals surface area contributed by atoms with Crippen LogP contribution in [0.3, 0.4) is 0 Å². The largest absolute Gasteiger partial charge is 0.348 e. The van der Waals surface area contributed by atoms with E-state index in [1.807, 2.05) is 36.9 Å². The summed E-state index contributed by atoms with van der Waals surface area (Å²) in [6, 6.07) is 5.30. The van der Waals surface area contributed by atoms with Crippen molar-refractivity contribution in [3.63, 3.8) is 0 Å². The minimum absolute atomic E-state index is 0.0435. The van der Waals surface area contributed by atoms with E-state index in [1.165, 1.54) is 6.07 Å². The number of aryl methyl sites for hydroxylation is 2. The summed E-state index contributed by atoms with van der Waals surface area (Å²) in [7, 11) is 1.86. The van der Waals surface area contributed by atoms with Crippen molar-refractivity contribution in [1.29, 1.82) is 0 Å². The van der Waals surface area contributed by atoms with Gasteiger partial charge in [-0.3, -0.25) is 14.6 Å². The Hall–Kier alpha value is -2.57. The molecule has 0 aromatic carbocycles. The van der Waals surface area contributed by atoms with Crippen LogP contribution in [-0.2, 0) is 7.05 Å². The molecule has 1 aliphatic rings. The van der Waals surface area contributed by atoms with E-state index in [9.17, 15) is 9.59 Å². The number of carbonyl (C=O) groups excluding carboxylic acids is 1. The van der Waals surface area contributed by atoms with Crippen LogP contribution < -0.4 is 15.8 Å². The topological polar surface area (TPSA) is 83.0 Å². The van der Waals surface area contributed by atoms with Gasteiger partial charge in [0.25, 0.3) is 11.5 Å². The monoisotopic (exact) mass is 315 g/mol. The lowest BCUT2D eigenvalue weighted by Crippen LogP contribution is -2.45. The third-order valence-corrected chi connectivity index (χ3v) is 4.16. The summed E-state index contributed by atoms with van der Waals surface area (Å²) in [5.41, 5.74) is 1.24. The molecule has 0 unspecified atom stereocenters. The Morgan fingerprint density at radius 1 is 1.39 bits per heavy atom. The van der Waals surface area contributed by atoms with Gasteiger partial charge >= 0.3 is 0 Å². The van der Waals surface area contributed by atoms with Gasteiger partial charge < -0.3 is 14.8 Å². The fraction of sp³-hybridized carbons (Fsp3) is 0.438. The average Bonchev–Trinajstić information content (AvgIpc) is 2.93. The van der Waals surface area contributed by atoms with Crippen molar-refractivity contribution in [1.82, 2.24) is 19.9 Å². The highest BCUT2D eigenvalue weighted by Gasteiger charge is 2.23. The standard InChI is InChI=1S/C16H21N5O2/c1-11-10-14(22)19-16(17-11)21-8-5-12(6-9-21)18-15(23)13-4-3-7-20(13)2/h3-4,7,10,12H,5-6,8-9H2,1-2H3,(H,18,23)(H,17,19,22). The third-order valence-electron chi connectivity index (χ3n) is 4.16. The molecule has 2 aromatic heterocycles. The van der Waals surface area contributed by atoms with Gasteiger partial charge in [-0.25, -0.2) is 4.98 Å². The van der Waals surface area contributed by atoms with Crippen molar-refractivity contribution in [3.05, 3.63) is 46.1 Å². The highest BCUT2D eigenvalue weighted by atomic mass is 16.2. The lowest BCUT2D eigenvalue weighted by molar-refractivity contribution is 0.0923. The Kier molecular flexibility index (Phi) is 4.18. The summed E-state index contributed by atoms with van der Waals surface area (Å²) in [6.45, 7) is 3.32. The minimum Gasteiger partial charge on any atom is -0.348 e. The first-order valence-electron chi connectivity index (χ1n) is 7.78. The zero-order valence-corrected chi connectivity index (χ0v) is 13.4. The summed E-state index contributed by atoms with van der Waals surface area (Å²) < 4.78 is 1.81. The summed E-state index contributed by atoms with van der Waals surface area (Å²) >= 11 is 0. The Morgan fingerprint density at radius 3 is 2.74 bits per heavy atom. The van der Waals surface area contributed by atoms with E-state index in [0.29, 0.717) is 17.3 Å². The molecule has 2 aromatic rings. The predicted molar refractivity (Wildman–Crippen MR) is 87.7 cm³/mol. The van der Waals surface area contributed by atoms with Gasteiger partial charge in [-0.05, 0) is 31.9 Å². The molecule has 1 saturated heterocycles. The number of aromatic nitrogens is 3. The Morgan fingerprint density at radius 2 is 2.13 bits per heavy atom. The molecule has 0 aliphatic carbocycles. The van der Waals surface area contributed by atoms with Crippen LogP contribution in [0.15, 0.2) is 29.2 Å². The summed E-state index contributed by atoms with van der Waals surface area (Å²) in [6.07, 6.45) is 3.51. The first-order chi connectivity index (χ1) is 11.0. The summed E-state index contributed by atoms with van der Waals surface area (Å²) in [5, 5.41) is 3.08. The van der Waals surface area contributed by atoms with E-state index < -0.39 is 0 Å². The first-order valence-corrected chi connectivity index (χ1v) is 7.78. The molecule has 3 heterocycles. The van der Waals surface area contributed by atoms with Gasteiger partial charge in [0.1, 0.15) is 5.69 Å². The highest BCUT2D eigenvalue weighted by Crippen LogP contribution is 2.16. The van der Waals surface area contributed by atoms with Crippen molar-refractivity contribution in [2.45, 2.75) is 25.8 Å². The van der Waals surface area contributed by atoms with Crippen LogP contribution in [-0.4, -0.2) is 39.6 Å². The molecule has 7 nitrogen and oxygen atoms in total. The van der Waals surface area contributed by atoms with Gasteiger partial charge in [0.2, 0.25) is 5.95 Å². The van der Waals surface area contributed by atoms with Crippen molar-refractivity contribution in [3.8, 4) is 0 Å². The maximum Gasteiger partial charge on any atom is 0.268 e. The number of anilines is 1. The van der Waals surface area contributed by atoms with Crippen LogP contribution >= 0.6 is 0 Å². The van der Waals surface area contributed by atoms with Crippen LogP contribution in [0, 0.1) is 6.92 Å². The molecule has 122 valence electrons. The second-order valence-electron chi connectivity index (χ2n) is 5.95. The minimum atomic E-state index is -0.133. The molecule has 23 heavy (non-hydrogen) atoms. The summed E-state index contributed by atoms with van der Waals surface area (Å²) in [5.74, 6) is 0.570. The first kappa shape index (κ1) is 15.3. The molecular weight excluding hydrogens is 294 g/mol. The smallest absolute Gasteiger partial charge is 0.268 e. The fourth-order valence-electron chi connectivity index (χ4n) is 2.91. The van der Waals surface area contributed by atoms with E-state index >= 15 is 0 Å². The molecule has 0 saturated carbocycles. The van der Waals surface area contributed by atoms with Crippen molar-refractivity contribution >= 4 is 11.9 Å². The predicted octanol–water partition coefficient (Wildman–Crippen LogP) is 0.816. The quantitative estimate of drug-likeness (QED) is 0.878. The second-order valence-corrected chi connectivity index (χ2v) is 5.95. The summed E-state index contributed by atoms with van der Waals surface area (Å²) in [4.78, 5) is 33.0. The average molecular weight is 315 g/mol. The Bertz CT molecular complexity index is 756. The molecular formula is C16H21N5O2. The molecule has 0 radical (unpaired) electrons. The molecule has 1 aliphatic heterocycles. The molecule has 2 N–H and O–H groups in total. The molecule has 0 atom stereocenters. The van der Waals surface area contributed by atoms with Crippen LogP contribution in [0.4, 0.5) is 5.95 Å². The maximum absolute atomic E-state index is 12.2. The normalized spacial score (nSPS) is 15.7. The number of piperidine rings is 1. The van der Waals surface area contributed by atoms with Gasteiger partial charge in [0.05, 0.1) is 0 Å². The number of carbonyl (C=O) groups is 1. The van der Waals surface area contributed by atoms with E-state index in [4.69, 9.17) is 0 Å². The highest BCUT2D eigenvalue weighted by molar-refractivity contribution is 5.92. The number of nitrogens with zero attached hydrogens (tertiary/aromatic N) is 3. The number of nitrogens with one attached hydrogen (secondary N) is 2. The van der Waals surface area contributed by atoms with Crippen LogP contribution in [0.5, 0.6) is 0 Å². The Labute approximate surface area is 134 Å². The number of H-pyrrole nitrogens is 1. The van der Waals surface area contributed by atoms with Crippen molar-refractivity contribution in [2.75, 3.05) is 18.0 Å². The van der Waals surface area contributed by atoms with Gasteiger partial charge in [0, 0.05) is 44.1 Å². The fourth-order valence-corrected chi connectivity index (χ4v) is 2.91. The SMILES string of the molecule is Cc1cc(=O)[nH]c(N2CCC(NC(=O)c3cccn3C)CC2)n1. The molecule has 1 amide bonds.